The molecule has 3 amide bonds. The topological polar surface area (TPSA) is 119 Å². The average Bonchev–Trinajstić information content (AvgIpc) is 3.59. The van der Waals surface area contributed by atoms with Gasteiger partial charge in [0.1, 0.15) is 5.75 Å². The Morgan fingerprint density at radius 1 is 1.03 bits per heavy atom. The van der Waals surface area contributed by atoms with Gasteiger partial charge in [0.15, 0.2) is 11.0 Å². The van der Waals surface area contributed by atoms with Crippen molar-refractivity contribution >= 4 is 35.4 Å². The van der Waals surface area contributed by atoms with Gasteiger partial charge in [-0.3, -0.25) is 4.79 Å². The minimum Gasteiger partial charge on any atom is -0.497 e. The molecule has 0 spiro atoms. The Balaban J connectivity index is 1.39. The van der Waals surface area contributed by atoms with E-state index in [1.165, 1.54) is 21.8 Å². The number of carbonyl (C=O) groups excluding carboxylic acids is 3. The number of hydrogen-bond donors (Lipinski definition) is 1. The summed E-state index contributed by atoms with van der Waals surface area (Å²) in [5.74, 6) is 0.885. The minimum atomic E-state index is -0.464. The van der Waals surface area contributed by atoms with Crippen molar-refractivity contribution in [3.63, 3.8) is 0 Å². The maximum atomic E-state index is 13.1. The third kappa shape index (κ3) is 6.08. The van der Waals surface area contributed by atoms with E-state index in [0.717, 1.165) is 11.3 Å². The van der Waals surface area contributed by atoms with E-state index < -0.39 is 12.0 Å². The minimum absolute atomic E-state index is 0.100. The first kappa shape index (κ1) is 27.0. The molecule has 1 aliphatic rings. The second-order valence-electron chi connectivity index (χ2n) is 8.29. The quantitative estimate of drug-likeness (QED) is 0.322. The van der Waals surface area contributed by atoms with Crippen molar-refractivity contribution in [2.45, 2.75) is 32.0 Å². The van der Waals surface area contributed by atoms with Crippen LogP contribution < -0.4 is 10.1 Å². The van der Waals surface area contributed by atoms with Crippen molar-refractivity contribution in [3.8, 4) is 17.1 Å². The number of anilines is 1. The Bertz CT molecular complexity index is 1300. The fourth-order valence-electron chi connectivity index (χ4n) is 4.04. The van der Waals surface area contributed by atoms with Gasteiger partial charge in [-0.25, -0.2) is 19.6 Å². The van der Waals surface area contributed by atoms with Crippen LogP contribution in [0.4, 0.5) is 10.5 Å². The van der Waals surface area contributed by atoms with Crippen molar-refractivity contribution in [1.82, 2.24) is 24.8 Å². The van der Waals surface area contributed by atoms with Crippen molar-refractivity contribution in [1.29, 1.82) is 0 Å². The molecule has 11 nitrogen and oxygen atoms in total. The number of aromatic nitrogens is 3. The Hall–Kier alpha value is -4.06. The van der Waals surface area contributed by atoms with E-state index in [1.54, 1.807) is 38.3 Å². The summed E-state index contributed by atoms with van der Waals surface area (Å²) in [5.41, 5.74) is 1.67. The third-order valence-electron chi connectivity index (χ3n) is 5.88. The van der Waals surface area contributed by atoms with Gasteiger partial charge in [0.2, 0.25) is 0 Å². The SMILES string of the molecule is CCOC(=O)c1cccc(NC(=O)N2CCCN2C(=O)CSc2nnc(-c3ccc(OC)cc3)n2CC)c1. The molecule has 200 valence electrons. The Kier molecular flexibility index (Phi) is 8.85. The van der Waals surface area contributed by atoms with Gasteiger partial charge in [0.25, 0.3) is 5.91 Å². The highest BCUT2D eigenvalue weighted by molar-refractivity contribution is 7.99. The fraction of sp³-hybridized carbons (Fsp3) is 0.346. The second kappa shape index (κ2) is 12.5. The predicted octanol–water partition coefficient (Wildman–Crippen LogP) is 3.92. The number of carbonyl (C=O) groups is 3. The molecule has 1 aliphatic heterocycles. The van der Waals surface area contributed by atoms with Gasteiger partial charge < -0.3 is 19.4 Å². The molecule has 0 atom stereocenters. The first-order valence-corrected chi connectivity index (χ1v) is 13.3. The lowest BCUT2D eigenvalue weighted by atomic mass is 10.2. The molecule has 0 saturated carbocycles. The van der Waals surface area contributed by atoms with Crippen LogP contribution in [0, 0.1) is 0 Å². The maximum absolute atomic E-state index is 13.1. The number of methoxy groups -OCH3 is 1. The maximum Gasteiger partial charge on any atom is 0.340 e. The lowest BCUT2D eigenvalue weighted by molar-refractivity contribution is -0.136. The Labute approximate surface area is 225 Å². The van der Waals surface area contributed by atoms with Crippen LogP contribution in [0.3, 0.4) is 0 Å². The van der Waals surface area contributed by atoms with Gasteiger partial charge in [-0.05, 0) is 62.7 Å². The molecule has 1 saturated heterocycles. The van der Waals surface area contributed by atoms with Crippen LogP contribution in [0.25, 0.3) is 11.4 Å². The lowest BCUT2D eigenvalue weighted by Gasteiger charge is -2.28. The number of benzene rings is 2. The number of hydrogen-bond acceptors (Lipinski definition) is 8. The van der Waals surface area contributed by atoms with Gasteiger partial charge in [-0.15, -0.1) is 10.2 Å². The molecular formula is C26H30N6O5S. The first-order chi connectivity index (χ1) is 18.4. The standard InChI is InChI=1S/C26H30N6O5S/c1-4-30-23(18-10-12-21(36-3)13-11-18)28-29-26(30)38-17-22(33)31-14-7-15-32(31)25(35)27-20-9-6-8-19(16-20)24(34)37-5-2/h6,8-13,16H,4-5,7,14-15,17H2,1-3H3,(H,27,35). The summed E-state index contributed by atoms with van der Waals surface area (Å²) in [5, 5.41) is 14.9. The van der Waals surface area contributed by atoms with E-state index in [9.17, 15) is 14.4 Å². The number of urea groups is 1. The molecule has 38 heavy (non-hydrogen) atoms. The van der Waals surface area contributed by atoms with Gasteiger partial charge in [-0.2, -0.15) is 0 Å². The van der Waals surface area contributed by atoms with Crippen LogP contribution >= 0.6 is 11.8 Å². The monoisotopic (exact) mass is 538 g/mol. The van der Waals surface area contributed by atoms with Crippen molar-refractivity contribution in [2.24, 2.45) is 0 Å². The second-order valence-corrected chi connectivity index (χ2v) is 9.24. The van der Waals surface area contributed by atoms with Gasteiger partial charge in [-0.1, -0.05) is 17.8 Å². The van der Waals surface area contributed by atoms with Crippen LogP contribution in [0.1, 0.15) is 30.6 Å². The highest BCUT2D eigenvalue weighted by Gasteiger charge is 2.31. The van der Waals surface area contributed by atoms with Crippen LogP contribution in [-0.2, 0) is 16.1 Å². The number of esters is 1. The van der Waals surface area contributed by atoms with Gasteiger partial charge >= 0.3 is 12.0 Å². The largest absolute Gasteiger partial charge is 0.497 e. The molecule has 0 unspecified atom stereocenters. The molecule has 1 aromatic heterocycles. The number of ether oxygens (including phenoxy) is 2. The summed E-state index contributed by atoms with van der Waals surface area (Å²) in [4.78, 5) is 38.1. The Morgan fingerprint density at radius 3 is 2.50 bits per heavy atom. The van der Waals surface area contributed by atoms with Crippen LogP contribution in [0.5, 0.6) is 5.75 Å². The van der Waals surface area contributed by atoms with Gasteiger partial charge in [0, 0.05) is 30.9 Å². The number of hydrazine groups is 1. The molecule has 4 rings (SSSR count). The molecule has 0 aliphatic carbocycles. The summed E-state index contributed by atoms with van der Waals surface area (Å²) < 4.78 is 12.2. The molecule has 0 bridgehead atoms. The van der Waals surface area contributed by atoms with E-state index in [4.69, 9.17) is 9.47 Å². The third-order valence-corrected chi connectivity index (χ3v) is 6.84. The summed E-state index contributed by atoms with van der Waals surface area (Å²) in [7, 11) is 1.62. The van der Waals surface area contributed by atoms with Crippen molar-refractivity contribution < 1.29 is 23.9 Å². The fourth-order valence-corrected chi connectivity index (χ4v) is 4.92. The van der Waals surface area contributed by atoms with E-state index in [0.29, 0.717) is 48.3 Å². The normalized spacial score (nSPS) is 12.9. The van der Waals surface area contributed by atoms with E-state index in [2.05, 4.69) is 15.5 Å². The van der Waals surface area contributed by atoms with Crippen LogP contribution in [0.15, 0.2) is 53.7 Å². The number of nitrogens with one attached hydrogen (secondary N) is 1. The van der Waals surface area contributed by atoms with Gasteiger partial charge in [0.05, 0.1) is 25.0 Å². The molecular weight excluding hydrogens is 508 g/mol. The van der Waals surface area contributed by atoms with Crippen LogP contribution in [0.2, 0.25) is 0 Å². The molecule has 12 heteroatoms. The lowest BCUT2D eigenvalue weighted by Crippen LogP contribution is -2.47. The molecule has 2 heterocycles. The zero-order valence-electron chi connectivity index (χ0n) is 21.5. The summed E-state index contributed by atoms with van der Waals surface area (Å²) >= 11 is 1.28. The van der Waals surface area contributed by atoms with E-state index >= 15 is 0 Å². The summed E-state index contributed by atoms with van der Waals surface area (Å²) in [6, 6.07) is 13.6. The molecule has 1 N–H and O–H groups in total. The zero-order chi connectivity index (χ0) is 27.1. The van der Waals surface area contributed by atoms with Crippen molar-refractivity contribution in [2.75, 3.05) is 37.9 Å². The summed E-state index contributed by atoms with van der Waals surface area (Å²) in [6.07, 6.45) is 0.666. The van der Waals surface area contributed by atoms with E-state index in [-0.39, 0.29) is 18.3 Å². The molecule has 3 aromatic rings. The smallest absolute Gasteiger partial charge is 0.340 e. The molecule has 1 fully saturated rings. The number of amides is 3. The number of thioether (sulfide) groups is 1. The highest BCUT2D eigenvalue weighted by atomic mass is 32.2. The Morgan fingerprint density at radius 2 is 1.79 bits per heavy atom. The average molecular weight is 539 g/mol. The summed E-state index contributed by atoms with van der Waals surface area (Å²) in [6.45, 7) is 5.46. The van der Waals surface area contributed by atoms with Crippen molar-refractivity contribution in [3.05, 3.63) is 54.1 Å². The predicted molar refractivity (Wildman–Crippen MR) is 143 cm³/mol. The van der Waals surface area contributed by atoms with E-state index in [1.807, 2.05) is 35.8 Å². The molecule has 0 radical (unpaired) electrons. The first-order valence-electron chi connectivity index (χ1n) is 12.3. The number of rotatable bonds is 9. The molecule has 2 aromatic carbocycles. The highest BCUT2D eigenvalue weighted by Crippen LogP contribution is 2.26. The van der Waals surface area contributed by atoms with Crippen LogP contribution in [-0.4, -0.2) is 75.2 Å². The zero-order valence-corrected chi connectivity index (χ0v) is 22.4. The number of nitrogens with zero attached hydrogens (tertiary/aromatic N) is 5.